The molecule has 0 radical (unpaired) electrons. The predicted octanol–water partition coefficient (Wildman–Crippen LogP) is 4.20. The normalized spacial score (nSPS) is 39.3. The van der Waals surface area contributed by atoms with Crippen molar-refractivity contribution in [3.05, 3.63) is 0 Å². The van der Waals surface area contributed by atoms with Gasteiger partial charge in [-0.1, -0.05) is 12.8 Å². The molecule has 0 spiro atoms. The Bertz CT molecular complexity index is 561. The fourth-order valence-electron chi connectivity index (χ4n) is 7.00. The Hall–Kier alpha value is -0.650. The fourth-order valence-corrected chi connectivity index (χ4v) is 7.00. The lowest BCUT2D eigenvalue weighted by Crippen LogP contribution is -2.41. The van der Waals surface area contributed by atoms with Gasteiger partial charge in [-0.25, -0.2) is 0 Å². The maximum absolute atomic E-state index is 12.2. The Labute approximate surface area is 190 Å². The van der Waals surface area contributed by atoms with Gasteiger partial charge in [0.05, 0.1) is 12.2 Å². The first-order valence-electron chi connectivity index (χ1n) is 13.1. The Kier molecular flexibility index (Phi) is 8.33. The molecule has 4 fully saturated rings. The maximum Gasteiger partial charge on any atom is 0.225 e. The van der Waals surface area contributed by atoms with Crippen molar-refractivity contribution in [2.75, 3.05) is 47.4 Å². The lowest BCUT2D eigenvalue weighted by Gasteiger charge is -2.38. The molecule has 0 aromatic heterocycles. The quantitative estimate of drug-likeness (QED) is 0.602. The van der Waals surface area contributed by atoms with Crippen molar-refractivity contribution in [1.29, 1.82) is 0 Å². The molecular weight excluding hydrogens is 388 g/mol. The smallest absolute Gasteiger partial charge is 0.225 e. The number of carbonyl (C=O) groups excluding carboxylic acids is 1. The van der Waals surface area contributed by atoms with Crippen LogP contribution in [0.25, 0.3) is 0 Å². The third kappa shape index (κ3) is 6.03. The molecule has 0 N–H and O–H groups in total. The predicted molar refractivity (Wildman–Crippen MR) is 124 cm³/mol. The second kappa shape index (κ2) is 11.0. The van der Waals surface area contributed by atoms with Gasteiger partial charge in [0.2, 0.25) is 5.91 Å². The molecule has 5 heteroatoms. The summed E-state index contributed by atoms with van der Waals surface area (Å²) in [5.41, 5.74) is 0. The summed E-state index contributed by atoms with van der Waals surface area (Å²) in [5.74, 6) is 3.76. The van der Waals surface area contributed by atoms with Gasteiger partial charge in [-0.3, -0.25) is 4.79 Å². The van der Waals surface area contributed by atoms with Crippen LogP contribution in [0.1, 0.15) is 70.6 Å². The van der Waals surface area contributed by atoms with E-state index < -0.39 is 0 Å². The van der Waals surface area contributed by atoms with Crippen molar-refractivity contribution in [2.45, 2.75) is 82.8 Å². The molecule has 5 unspecified atom stereocenters. The van der Waals surface area contributed by atoms with Gasteiger partial charge in [0.15, 0.2) is 0 Å². The highest BCUT2D eigenvalue weighted by Crippen LogP contribution is 2.38. The number of amides is 1. The second-order valence-electron chi connectivity index (χ2n) is 11.3. The number of fused-ring (bicyclic) bond motifs is 1. The first kappa shape index (κ1) is 23.5. The maximum atomic E-state index is 12.2. The number of ether oxygens (including phenoxy) is 2. The van der Waals surface area contributed by atoms with Gasteiger partial charge in [-0.15, -0.1) is 0 Å². The van der Waals surface area contributed by atoms with Crippen molar-refractivity contribution in [3.63, 3.8) is 0 Å². The van der Waals surface area contributed by atoms with E-state index >= 15 is 0 Å². The summed E-state index contributed by atoms with van der Waals surface area (Å²) in [6.07, 6.45) is 14.3. The topological polar surface area (TPSA) is 42.0 Å². The van der Waals surface area contributed by atoms with E-state index in [2.05, 4.69) is 4.90 Å². The number of hydrogen-bond donors (Lipinski definition) is 0. The van der Waals surface area contributed by atoms with Crippen LogP contribution in [0.5, 0.6) is 0 Å². The van der Waals surface area contributed by atoms with E-state index in [1.807, 2.05) is 21.2 Å². The molecule has 0 aromatic rings. The SMILES string of the molecule is COC1CC(OCC2CCC(C(=O)N(C)C)CC2)CCC1CN1CC2CCCCC2C1. The van der Waals surface area contributed by atoms with Crippen molar-refractivity contribution in [2.24, 2.45) is 29.6 Å². The highest BCUT2D eigenvalue weighted by molar-refractivity contribution is 5.78. The zero-order chi connectivity index (χ0) is 21.8. The monoisotopic (exact) mass is 434 g/mol. The molecule has 3 saturated carbocycles. The number of methoxy groups -OCH3 is 1. The summed E-state index contributed by atoms with van der Waals surface area (Å²) in [5, 5.41) is 0. The van der Waals surface area contributed by atoms with Gasteiger partial charge in [-0.2, -0.15) is 0 Å². The molecule has 0 bridgehead atoms. The summed E-state index contributed by atoms with van der Waals surface area (Å²) < 4.78 is 12.4. The summed E-state index contributed by atoms with van der Waals surface area (Å²) in [6, 6.07) is 0. The van der Waals surface area contributed by atoms with Crippen LogP contribution in [-0.4, -0.2) is 75.4 Å². The molecule has 5 atom stereocenters. The third-order valence-electron chi connectivity index (χ3n) is 8.93. The van der Waals surface area contributed by atoms with Crippen molar-refractivity contribution in [1.82, 2.24) is 9.80 Å². The van der Waals surface area contributed by atoms with Crippen LogP contribution < -0.4 is 0 Å². The average Bonchev–Trinajstić information content (AvgIpc) is 3.20. The van der Waals surface area contributed by atoms with E-state index in [1.54, 1.807) is 4.90 Å². The van der Waals surface area contributed by atoms with Crippen molar-refractivity contribution in [3.8, 4) is 0 Å². The number of hydrogen-bond acceptors (Lipinski definition) is 4. The summed E-state index contributed by atoms with van der Waals surface area (Å²) in [7, 11) is 5.64. The van der Waals surface area contributed by atoms with E-state index in [-0.39, 0.29) is 5.92 Å². The van der Waals surface area contributed by atoms with Gasteiger partial charge in [0.25, 0.3) is 0 Å². The lowest BCUT2D eigenvalue weighted by molar-refractivity contribution is -0.134. The molecule has 31 heavy (non-hydrogen) atoms. The molecule has 5 nitrogen and oxygen atoms in total. The standard InChI is InChI=1S/C26H46N2O3/c1-27(2)26(29)20-10-8-19(9-11-20)18-31-24-13-12-23(25(14-24)30-3)17-28-15-21-6-4-5-7-22(21)16-28/h19-25H,4-18H2,1-3H3. The molecule has 3 aliphatic carbocycles. The highest BCUT2D eigenvalue weighted by atomic mass is 16.5. The third-order valence-corrected chi connectivity index (χ3v) is 8.93. The van der Waals surface area contributed by atoms with E-state index in [1.165, 1.54) is 58.2 Å². The largest absolute Gasteiger partial charge is 0.381 e. The number of rotatable bonds is 7. The number of carbonyl (C=O) groups is 1. The van der Waals surface area contributed by atoms with Crippen LogP contribution in [0, 0.1) is 29.6 Å². The van der Waals surface area contributed by atoms with Crippen LogP contribution in [0.2, 0.25) is 0 Å². The first-order chi connectivity index (χ1) is 15.0. The van der Waals surface area contributed by atoms with Gasteiger partial charge in [0.1, 0.15) is 0 Å². The highest BCUT2D eigenvalue weighted by Gasteiger charge is 2.38. The minimum Gasteiger partial charge on any atom is -0.381 e. The van der Waals surface area contributed by atoms with E-state index in [9.17, 15) is 4.79 Å². The number of likely N-dealkylation sites (tertiary alicyclic amines) is 1. The number of nitrogens with zero attached hydrogens (tertiary/aromatic N) is 2. The van der Waals surface area contributed by atoms with E-state index in [0.717, 1.165) is 50.5 Å². The zero-order valence-electron chi connectivity index (χ0n) is 20.3. The molecule has 4 aliphatic rings. The molecule has 1 aliphatic heterocycles. The van der Waals surface area contributed by atoms with Crippen molar-refractivity contribution >= 4 is 5.91 Å². The summed E-state index contributed by atoms with van der Waals surface area (Å²) in [6.45, 7) is 4.75. The van der Waals surface area contributed by atoms with Gasteiger partial charge < -0.3 is 19.3 Å². The molecule has 1 heterocycles. The Morgan fingerprint density at radius 3 is 2.23 bits per heavy atom. The van der Waals surface area contributed by atoms with Gasteiger partial charge in [0, 0.05) is 59.8 Å². The zero-order valence-corrected chi connectivity index (χ0v) is 20.3. The van der Waals surface area contributed by atoms with E-state index in [4.69, 9.17) is 9.47 Å². The Balaban J connectivity index is 1.17. The minimum absolute atomic E-state index is 0.231. The molecular formula is C26H46N2O3. The molecule has 1 amide bonds. The fraction of sp³-hybridized carbons (Fsp3) is 0.962. The lowest BCUT2D eigenvalue weighted by atomic mass is 9.81. The summed E-state index contributed by atoms with van der Waals surface area (Å²) >= 11 is 0. The second-order valence-corrected chi connectivity index (χ2v) is 11.3. The van der Waals surface area contributed by atoms with Crippen LogP contribution in [0.4, 0.5) is 0 Å². The van der Waals surface area contributed by atoms with Crippen LogP contribution in [0.15, 0.2) is 0 Å². The van der Waals surface area contributed by atoms with Crippen molar-refractivity contribution < 1.29 is 14.3 Å². The Morgan fingerprint density at radius 1 is 0.935 bits per heavy atom. The molecule has 0 aromatic carbocycles. The molecule has 1 saturated heterocycles. The van der Waals surface area contributed by atoms with E-state index in [0.29, 0.717) is 30.0 Å². The summed E-state index contributed by atoms with van der Waals surface area (Å²) in [4.78, 5) is 16.7. The van der Waals surface area contributed by atoms with Crippen LogP contribution in [-0.2, 0) is 14.3 Å². The van der Waals surface area contributed by atoms with Crippen LogP contribution in [0.3, 0.4) is 0 Å². The minimum atomic E-state index is 0.231. The van der Waals surface area contributed by atoms with Gasteiger partial charge in [-0.05, 0) is 75.0 Å². The Morgan fingerprint density at radius 2 is 1.61 bits per heavy atom. The average molecular weight is 435 g/mol. The molecule has 4 rings (SSSR count). The first-order valence-corrected chi connectivity index (χ1v) is 13.1. The van der Waals surface area contributed by atoms with Gasteiger partial charge >= 0.3 is 0 Å². The molecule has 178 valence electrons. The van der Waals surface area contributed by atoms with Crippen LogP contribution >= 0.6 is 0 Å².